The van der Waals surface area contributed by atoms with Gasteiger partial charge in [-0.2, -0.15) is 0 Å². The van der Waals surface area contributed by atoms with E-state index >= 15 is 0 Å². The molecule has 0 spiro atoms. The largest absolute Gasteiger partial charge is 0.480 e. The molecule has 0 radical (unpaired) electrons. The number of ether oxygens (including phenoxy) is 1. The van der Waals surface area contributed by atoms with Gasteiger partial charge in [-0.25, -0.2) is 9.59 Å². The SMILES string of the molecule is O=C(O)COC/C=C/C[C@H]1C(=O)NC(=O)N1CC[C@@H](O)C1CCCCC1. The quantitative estimate of drug-likeness (QED) is 0.304. The van der Waals surface area contributed by atoms with Crippen LogP contribution < -0.4 is 5.32 Å². The van der Waals surface area contributed by atoms with E-state index in [0.29, 0.717) is 19.4 Å². The number of amides is 3. The highest BCUT2D eigenvalue weighted by Crippen LogP contribution is 2.28. The van der Waals surface area contributed by atoms with Gasteiger partial charge in [0, 0.05) is 6.54 Å². The number of imide groups is 1. The van der Waals surface area contributed by atoms with E-state index in [9.17, 15) is 19.5 Å². The molecule has 2 aliphatic rings. The molecule has 146 valence electrons. The zero-order valence-corrected chi connectivity index (χ0v) is 14.9. The number of aliphatic carboxylic acids is 1. The van der Waals surface area contributed by atoms with Crippen molar-refractivity contribution in [1.82, 2.24) is 10.2 Å². The average molecular weight is 368 g/mol. The van der Waals surface area contributed by atoms with Crippen molar-refractivity contribution >= 4 is 17.9 Å². The minimum atomic E-state index is -1.04. The maximum absolute atomic E-state index is 12.0. The number of aliphatic hydroxyl groups is 1. The van der Waals surface area contributed by atoms with Crippen LogP contribution in [-0.4, -0.2) is 64.9 Å². The molecule has 1 saturated carbocycles. The molecule has 1 heterocycles. The number of carbonyl (C=O) groups is 3. The van der Waals surface area contributed by atoms with E-state index in [4.69, 9.17) is 9.84 Å². The van der Waals surface area contributed by atoms with Crippen molar-refractivity contribution in [3.63, 3.8) is 0 Å². The van der Waals surface area contributed by atoms with Gasteiger partial charge in [0.05, 0.1) is 12.7 Å². The molecule has 1 saturated heterocycles. The first-order valence-corrected chi connectivity index (χ1v) is 9.23. The van der Waals surface area contributed by atoms with Crippen molar-refractivity contribution in [2.75, 3.05) is 19.8 Å². The molecule has 0 aromatic heterocycles. The summed E-state index contributed by atoms with van der Waals surface area (Å²) >= 11 is 0. The molecule has 8 heteroatoms. The second kappa shape index (κ2) is 10.3. The Morgan fingerprint density at radius 3 is 2.69 bits per heavy atom. The second-order valence-electron chi connectivity index (χ2n) is 6.87. The molecule has 3 N–H and O–H groups in total. The average Bonchev–Trinajstić information content (AvgIpc) is 2.89. The molecule has 0 unspecified atom stereocenters. The van der Waals surface area contributed by atoms with E-state index < -0.39 is 24.1 Å². The van der Waals surface area contributed by atoms with Gasteiger partial charge in [-0.1, -0.05) is 31.4 Å². The summed E-state index contributed by atoms with van der Waals surface area (Å²) in [5.74, 6) is -1.10. The Balaban J connectivity index is 1.78. The van der Waals surface area contributed by atoms with Crippen molar-refractivity contribution in [3.05, 3.63) is 12.2 Å². The van der Waals surface area contributed by atoms with Crippen molar-refractivity contribution in [2.45, 2.75) is 57.1 Å². The normalized spacial score (nSPS) is 22.8. The lowest BCUT2D eigenvalue weighted by Crippen LogP contribution is -2.38. The maximum Gasteiger partial charge on any atom is 0.329 e. The fourth-order valence-corrected chi connectivity index (χ4v) is 3.57. The Bertz CT molecular complexity index is 530. The zero-order chi connectivity index (χ0) is 18.9. The number of rotatable bonds is 10. The van der Waals surface area contributed by atoms with E-state index in [-0.39, 0.29) is 25.0 Å². The monoisotopic (exact) mass is 368 g/mol. The number of carbonyl (C=O) groups excluding carboxylic acids is 2. The lowest BCUT2D eigenvalue weighted by molar-refractivity contribution is -0.141. The first-order chi connectivity index (χ1) is 12.5. The molecule has 0 bridgehead atoms. The molecule has 3 amide bonds. The molecule has 2 atom stereocenters. The fraction of sp³-hybridized carbons (Fsp3) is 0.722. The first-order valence-electron chi connectivity index (χ1n) is 9.23. The topological polar surface area (TPSA) is 116 Å². The number of carboxylic acids is 1. The van der Waals surface area contributed by atoms with E-state index in [1.54, 1.807) is 12.2 Å². The molecule has 2 rings (SSSR count). The van der Waals surface area contributed by atoms with Crippen molar-refractivity contribution in [2.24, 2.45) is 5.92 Å². The summed E-state index contributed by atoms with van der Waals surface area (Å²) in [6.45, 7) is 0.0934. The maximum atomic E-state index is 12.0. The van der Waals surface area contributed by atoms with Gasteiger partial charge in [-0.3, -0.25) is 10.1 Å². The van der Waals surface area contributed by atoms with Gasteiger partial charge in [-0.15, -0.1) is 0 Å². The summed E-state index contributed by atoms with van der Waals surface area (Å²) < 4.78 is 4.88. The van der Waals surface area contributed by atoms with Crippen LogP contribution >= 0.6 is 0 Å². The number of hydrogen-bond donors (Lipinski definition) is 3. The minimum absolute atomic E-state index is 0.134. The van der Waals surface area contributed by atoms with Crippen molar-refractivity contribution < 1.29 is 29.3 Å². The zero-order valence-electron chi connectivity index (χ0n) is 14.9. The third-order valence-corrected chi connectivity index (χ3v) is 5.00. The number of urea groups is 1. The minimum Gasteiger partial charge on any atom is -0.480 e. The van der Waals surface area contributed by atoms with E-state index in [2.05, 4.69) is 5.32 Å². The second-order valence-corrected chi connectivity index (χ2v) is 6.87. The molecule has 1 aliphatic heterocycles. The summed E-state index contributed by atoms with van der Waals surface area (Å²) in [5, 5.41) is 21.2. The van der Waals surface area contributed by atoms with Gasteiger partial charge in [-0.05, 0) is 31.6 Å². The molecular formula is C18H28N2O6. The molecule has 2 fully saturated rings. The van der Waals surface area contributed by atoms with Gasteiger partial charge < -0.3 is 19.8 Å². The Morgan fingerprint density at radius 2 is 2.00 bits per heavy atom. The Hall–Kier alpha value is -1.93. The lowest BCUT2D eigenvalue weighted by Gasteiger charge is -2.28. The van der Waals surface area contributed by atoms with Gasteiger partial charge >= 0.3 is 12.0 Å². The van der Waals surface area contributed by atoms with Crippen LogP contribution in [0.25, 0.3) is 0 Å². The van der Waals surface area contributed by atoms with E-state index in [1.165, 1.54) is 11.3 Å². The highest BCUT2D eigenvalue weighted by molar-refractivity contribution is 6.04. The van der Waals surface area contributed by atoms with E-state index in [0.717, 1.165) is 25.7 Å². The fourth-order valence-electron chi connectivity index (χ4n) is 3.57. The molecule has 8 nitrogen and oxygen atoms in total. The van der Waals surface area contributed by atoms with Crippen LogP contribution in [0.3, 0.4) is 0 Å². The van der Waals surface area contributed by atoms with Gasteiger partial charge in [0.25, 0.3) is 5.91 Å². The van der Waals surface area contributed by atoms with Crippen molar-refractivity contribution in [3.8, 4) is 0 Å². The predicted octanol–water partition coefficient (Wildman–Crippen LogP) is 1.29. The number of hydrogen-bond acceptors (Lipinski definition) is 5. The number of nitrogens with zero attached hydrogens (tertiary/aromatic N) is 1. The predicted molar refractivity (Wildman–Crippen MR) is 93.4 cm³/mol. The Morgan fingerprint density at radius 1 is 1.27 bits per heavy atom. The van der Waals surface area contributed by atoms with Crippen LogP contribution in [-0.2, 0) is 14.3 Å². The van der Waals surface area contributed by atoms with Crippen molar-refractivity contribution in [1.29, 1.82) is 0 Å². The third kappa shape index (κ3) is 6.10. The Kier molecular flexibility index (Phi) is 8.06. The number of nitrogens with one attached hydrogen (secondary N) is 1. The van der Waals surface area contributed by atoms with E-state index in [1.807, 2.05) is 0 Å². The summed E-state index contributed by atoms with van der Waals surface area (Å²) in [5.41, 5.74) is 0. The Labute approximate surface area is 153 Å². The molecule has 0 aromatic rings. The standard InChI is InChI=1S/C18H28N2O6/c21-15(13-6-2-1-3-7-13)9-10-20-14(17(24)19-18(20)25)8-4-5-11-26-12-16(22)23/h4-5,13-15,21H,1-3,6-12H2,(H,22,23)(H,19,24,25)/b5-4+/t14-,15+/m0/s1. The summed E-state index contributed by atoms with van der Waals surface area (Å²) in [6.07, 6.45) is 9.23. The third-order valence-electron chi connectivity index (χ3n) is 5.00. The van der Waals surface area contributed by atoms with Crippen LogP contribution in [0.15, 0.2) is 12.2 Å². The molecular weight excluding hydrogens is 340 g/mol. The number of carboxylic acid groups (broad SMARTS) is 1. The van der Waals surface area contributed by atoms with Crippen LogP contribution in [0.5, 0.6) is 0 Å². The summed E-state index contributed by atoms with van der Waals surface area (Å²) in [4.78, 5) is 35.8. The molecule has 26 heavy (non-hydrogen) atoms. The van der Waals surface area contributed by atoms with Gasteiger partial charge in [0.15, 0.2) is 0 Å². The summed E-state index contributed by atoms with van der Waals surface area (Å²) in [6, 6.07) is -1.02. The first kappa shape index (κ1) is 20.4. The van der Waals surface area contributed by atoms with Crippen LogP contribution in [0.4, 0.5) is 4.79 Å². The van der Waals surface area contributed by atoms with Crippen LogP contribution in [0.1, 0.15) is 44.9 Å². The smallest absolute Gasteiger partial charge is 0.329 e. The molecule has 1 aliphatic carbocycles. The lowest BCUT2D eigenvalue weighted by atomic mass is 9.84. The van der Waals surface area contributed by atoms with Gasteiger partial charge in [0.2, 0.25) is 0 Å². The highest BCUT2D eigenvalue weighted by Gasteiger charge is 2.37. The highest BCUT2D eigenvalue weighted by atomic mass is 16.5. The number of aliphatic hydroxyl groups excluding tert-OH is 1. The summed E-state index contributed by atoms with van der Waals surface area (Å²) in [7, 11) is 0. The van der Waals surface area contributed by atoms with Crippen LogP contribution in [0, 0.1) is 5.92 Å². The van der Waals surface area contributed by atoms with Crippen LogP contribution in [0.2, 0.25) is 0 Å². The van der Waals surface area contributed by atoms with Gasteiger partial charge in [0.1, 0.15) is 12.6 Å². The molecule has 0 aromatic carbocycles.